The minimum atomic E-state index is -0.803. The van der Waals surface area contributed by atoms with Gasteiger partial charge in [-0.15, -0.1) is 0 Å². The van der Waals surface area contributed by atoms with Gasteiger partial charge in [-0.3, -0.25) is 0 Å². The predicted molar refractivity (Wildman–Crippen MR) is 70.0 cm³/mol. The Morgan fingerprint density at radius 3 is 2.21 bits per heavy atom. The van der Waals surface area contributed by atoms with Gasteiger partial charge in [0.05, 0.1) is 0 Å². The number of rotatable bonds is 7. The Morgan fingerprint density at radius 1 is 1.21 bits per heavy atom. The normalized spacial score (nSPS) is 14.8. The molecule has 0 amide bonds. The molecule has 1 radical (unpaired) electrons. The fraction of sp³-hybridized carbons (Fsp3) is 1.00. The van der Waals surface area contributed by atoms with Crippen molar-refractivity contribution in [2.75, 3.05) is 6.61 Å². The van der Waals surface area contributed by atoms with Crippen molar-refractivity contribution in [1.82, 2.24) is 0 Å². The molecule has 1 unspecified atom stereocenters. The van der Waals surface area contributed by atoms with Crippen LogP contribution in [0.25, 0.3) is 0 Å². The molecule has 14 heavy (non-hydrogen) atoms. The maximum absolute atomic E-state index is 5.70. The van der Waals surface area contributed by atoms with Gasteiger partial charge in [0.2, 0.25) is 9.04 Å². The van der Waals surface area contributed by atoms with Gasteiger partial charge in [0.1, 0.15) is 0 Å². The summed E-state index contributed by atoms with van der Waals surface area (Å²) >= 11 is 0. The molecule has 85 valence electrons. The van der Waals surface area contributed by atoms with Gasteiger partial charge in [-0.05, 0) is 25.4 Å². The Hall–Kier alpha value is 0.394. The molecule has 0 fully saturated rings. The Kier molecular flexibility index (Phi) is 6.99. The first-order chi connectivity index (χ1) is 6.31. The van der Waals surface area contributed by atoms with Crippen molar-refractivity contribution < 1.29 is 4.43 Å². The van der Waals surface area contributed by atoms with E-state index in [9.17, 15) is 0 Å². The molecule has 1 nitrogen and oxygen atoms in total. The highest BCUT2D eigenvalue weighted by molar-refractivity contribution is 6.76. The van der Waals surface area contributed by atoms with Crippen molar-refractivity contribution in [3.63, 3.8) is 0 Å². The second-order valence-electron chi connectivity index (χ2n) is 5.78. The van der Waals surface area contributed by atoms with E-state index in [4.69, 9.17) is 4.43 Å². The van der Waals surface area contributed by atoms with Crippen LogP contribution in [0.1, 0.15) is 19.8 Å². The summed E-state index contributed by atoms with van der Waals surface area (Å²) in [5, 5.41) is 0. The summed E-state index contributed by atoms with van der Waals surface area (Å²) in [5.41, 5.74) is 0. The van der Waals surface area contributed by atoms with Gasteiger partial charge in [0.25, 0.3) is 0 Å². The van der Waals surface area contributed by atoms with Crippen molar-refractivity contribution in [1.29, 1.82) is 0 Å². The van der Waals surface area contributed by atoms with Crippen LogP contribution in [0.4, 0.5) is 0 Å². The molecular weight excluding hydrogens is 204 g/mol. The fourth-order valence-electron chi connectivity index (χ4n) is 1.37. The predicted octanol–water partition coefficient (Wildman–Crippen LogP) is 4.01. The highest BCUT2D eigenvalue weighted by Crippen LogP contribution is 2.16. The first-order valence-corrected chi connectivity index (χ1v) is 11.9. The summed E-state index contributed by atoms with van der Waals surface area (Å²) in [4.78, 5) is 0. The SMILES string of the molecule is CC(CCC[Si](C)(C)C)CO[Si](C)C. The molecule has 0 aliphatic heterocycles. The summed E-state index contributed by atoms with van der Waals surface area (Å²) in [6, 6.07) is 1.47. The second-order valence-corrected chi connectivity index (χ2v) is 13.5. The van der Waals surface area contributed by atoms with E-state index in [0.717, 1.165) is 12.5 Å². The summed E-state index contributed by atoms with van der Waals surface area (Å²) in [7, 11) is -1.28. The van der Waals surface area contributed by atoms with E-state index in [0.29, 0.717) is 0 Å². The maximum atomic E-state index is 5.70. The van der Waals surface area contributed by atoms with Crippen molar-refractivity contribution >= 4 is 17.1 Å². The lowest BCUT2D eigenvalue weighted by Gasteiger charge is -2.18. The monoisotopic (exact) mass is 231 g/mol. The van der Waals surface area contributed by atoms with Crippen LogP contribution < -0.4 is 0 Å². The van der Waals surface area contributed by atoms with Gasteiger partial charge in [-0.2, -0.15) is 0 Å². The van der Waals surface area contributed by atoms with Crippen LogP contribution in [0.5, 0.6) is 0 Å². The molecule has 0 aliphatic rings. The third-order valence-electron chi connectivity index (χ3n) is 2.28. The molecule has 0 heterocycles. The minimum absolute atomic E-state index is 0.474. The third kappa shape index (κ3) is 10.5. The summed E-state index contributed by atoms with van der Waals surface area (Å²) in [5.74, 6) is 0.756. The first kappa shape index (κ1) is 14.4. The zero-order chi connectivity index (χ0) is 11.2. The van der Waals surface area contributed by atoms with Crippen LogP contribution in [0, 0.1) is 5.92 Å². The van der Waals surface area contributed by atoms with Crippen LogP contribution >= 0.6 is 0 Å². The quantitative estimate of drug-likeness (QED) is 0.602. The maximum Gasteiger partial charge on any atom is 0.204 e. The van der Waals surface area contributed by atoms with E-state index < -0.39 is 17.1 Å². The zero-order valence-electron chi connectivity index (χ0n) is 10.8. The van der Waals surface area contributed by atoms with E-state index >= 15 is 0 Å². The van der Waals surface area contributed by atoms with Crippen molar-refractivity contribution in [3.8, 4) is 0 Å². The minimum Gasteiger partial charge on any atom is -0.417 e. The van der Waals surface area contributed by atoms with Crippen molar-refractivity contribution in [3.05, 3.63) is 0 Å². The smallest absolute Gasteiger partial charge is 0.204 e. The van der Waals surface area contributed by atoms with Crippen LogP contribution in [0.3, 0.4) is 0 Å². The average Bonchev–Trinajstić information content (AvgIpc) is 1.98. The van der Waals surface area contributed by atoms with Crippen LogP contribution in [0.15, 0.2) is 0 Å². The van der Waals surface area contributed by atoms with Crippen LogP contribution in [0.2, 0.25) is 38.8 Å². The van der Waals surface area contributed by atoms with Crippen LogP contribution in [-0.4, -0.2) is 23.7 Å². The molecule has 0 saturated heterocycles. The van der Waals surface area contributed by atoms with E-state index in [1.54, 1.807) is 0 Å². The molecule has 0 aromatic carbocycles. The van der Waals surface area contributed by atoms with Gasteiger partial charge in [0, 0.05) is 14.7 Å². The molecule has 0 aromatic heterocycles. The molecule has 0 N–H and O–H groups in total. The largest absolute Gasteiger partial charge is 0.417 e. The van der Waals surface area contributed by atoms with Gasteiger partial charge < -0.3 is 4.43 Å². The van der Waals surface area contributed by atoms with E-state index in [1.807, 2.05) is 0 Å². The molecule has 3 heteroatoms. The molecule has 0 aliphatic carbocycles. The molecule has 0 rings (SSSR count). The summed E-state index contributed by atoms with van der Waals surface area (Å²) in [6.45, 7) is 15.1. The van der Waals surface area contributed by atoms with E-state index in [2.05, 4.69) is 39.7 Å². The lowest BCUT2D eigenvalue weighted by Crippen LogP contribution is -2.20. The Morgan fingerprint density at radius 2 is 1.79 bits per heavy atom. The standard InChI is InChI=1S/C11H27OSi2/c1-11(10-12-13(2)3)8-7-9-14(4,5)6/h11H,7-10H2,1-6H3. The molecule has 0 aromatic rings. The van der Waals surface area contributed by atoms with Gasteiger partial charge >= 0.3 is 0 Å². The highest BCUT2D eigenvalue weighted by atomic mass is 28.3. The lowest BCUT2D eigenvalue weighted by molar-refractivity contribution is 0.256. The molecule has 1 atom stereocenters. The second kappa shape index (κ2) is 6.80. The Bertz CT molecular complexity index is 141. The molecule has 0 spiro atoms. The first-order valence-electron chi connectivity index (χ1n) is 5.74. The topological polar surface area (TPSA) is 9.23 Å². The third-order valence-corrected chi connectivity index (χ3v) is 4.88. The zero-order valence-corrected chi connectivity index (χ0v) is 12.8. The lowest BCUT2D eigenvalue weighted by atomic mass is 10.1. The number of hydrogen-bond donors (Lipinski definition) is 0. The van der Waals surface area contributed by atoms with E-state index in [1.165, 1.54) is 18.9 Å². The number of hydrogen-bond acceptors (Lipinski definition) is 1. The Labute approximate surface area is 93.0 Å². The highest BCUT2D eigenvalue weighted by Gasteiger charge is 2.13. The molecule has 0 bridgehead atoms. The van der Waals surface area contributed by atoms with Crippen LogP contribution in [-0.2, 0) is 4.43 Å². The van der Waals surface area contributed by atoms with Crippen molar-refractivity contribution in [2.45, 2.75) is 58.5 Å². The van der Waals surface area contributed by atoms with Gasteiger partial charge in [-0.25, -0.2) is 0 Å². The van der Waals surface area contributed by atoms with Gasteiger partial charge in [0.15, 0.2) is 0 Å². The van der Waals surface area contributed by atoms with E-state index in [-0.39, 0.29) is 0 Å². The fourth-order valence-corrected chi connectivity index (χ4v) is 3.26. The van der Waals surface area contributed by atoms with Crippen molar-refractivity contribution in [2.24, 2.45) is 5.92 Å². The average molecular weight is 232 g/mol. The molecular formula is C11H27OSi2. The Balaban J connectivity index is 3.40. The molecule has 0 saturated carbocycles. The summed E-state index contributed by atoms with van der Waals surface area (Å²) < 4.78 is 5.70. The summed E-state index contributed by atoms with van der Waals surface area (Å²) in [6.07, 6.45) is 2.75. The van der Waals surface area contributed by atoms with Gasteiger partial charge in [-0.1, -0.05) is 39.0 Å².